The molecular weight excluding hydrogens is 156 g/mol. The van der Waals surface area contributed by atoms with Gasteiger partial charge in [-0.3, -0.25) is 0 Å². The van der Waals surface area contributed by atoms with Crippen LogP contribution in [0.5, 0.6) is 0 Å². The standard InChI is InChI=1S/C8H16N2O2/c1-6(2)5-12-8(11)10-3-7(9)4-10/h6-7H,3-5,9H2,1-2H3. The highest BCUT2D eigenvalue weighted by atomic mass is 16.6. The Morgan fingerprint density at radius 2 is 2.25 bits per heavy atom. The van der Waals surface area contributed by atoms with Crippen molar-refractivity contribution in [1.82, 2.24) is 4.90 Å². The molecule has 0 aromatic carbocycles. The Bertz CT molecular complexity index is 164. The number of ether oxygens (including phenoxy) is 1. The Morgan fingerprint density at radius 1 is 1.67 bits per heavy atom. The first-order chi connectivity index (χ1) is 5.59. The van der Waals surface area contributed by atoms with Gasteiger partial charge in [-0.15, -0.1) is 0 Å². The van der Waals surface area contributed by atoms with Crippen molar-refractivity contribution in [3.05, 3.63) is 0 Å². The second-order valence-corrected chi connectivity index (χ2v) is 3.64. The second kappa shape index (κ2) is 3.76. The van der Waals surface area contributed by atoms with Crippen molar-refractivity contribution in [2.75, 3.05) is 19.7 Å². The number of amides is 1. The van der Waals surface area contributed by atoms with Crippen LogP contribution in [0, 0.1) is 5.92 Å². The zero-order valence-electron chi connectivity index (χ0n) is 7.62. The molecule has 1 amide bonds. The number of nitrogens with zero attached hydrogens (tertiary/aromatic N) is 1. The van der Waals surface area contributed by atoms with Crippen molar-refractivity contribution in [3.63, 3.8) is 0 Å². The molecule has 12 heavy (non-hydrogen) atoms. The van der Waals surface area contributed by atoms with E-state index in [4.69, 9.17) is 10.5 Å². The number of rotatable bonds is 2. The predicted octanol–water partition coefficient (Wildman–Crippen LogP) is 0.422. The highest BCUT2D eigenvalue weighted by molar-refractivity contribution is 5.68. The SMILES string of the molecule is CC(C)COC(=O)N1CC(N)C1. The van der Waals surface area contributed by atoms with Crippen LogP contribution in [0.2, 0.25) is 0 Å². The summed E-state index contributed by atoms with van der Waals surface area (Å²) in [7, 11) is 0. The van der Waals surface area contributed by atoms with Crippen molar-refractivity contribution in [2.24, 2.45) is 11.7 Å². The van der Waals surface area contributed by atoms with Crippen LogP contribution in [-0.2, 0) is 4.74 Å². The lowest BCUT2D eigenvalue weighted by Crippen LogP contribution is -2.58. The summed E-state index contributed by atoms with van der Waals surface area (Å²) < 4.78 is 4.99. The van der Waals surface area contributed by atoms with E-state index in [9.17, 15) is 4.79 Å². The van der Waals surface area contributed by atoms with Gasteiger partial charge in [0, 0.05) is 19.1 Å². The lowest BCUT2D eigenvalue weighted by molar-refractivity contribution is 0.0647. The number of carbonyl (C=O) groups is 1. The summed E-state index contributed by atoms with van der Waals surface area (Å²) in [6.45, 7) is 5.78. The van der Waals surface area contributed by atoms with Crippen LogP contribution < -0.4 is 5.73 Å². The molecule has 0 aromatic heterocycles. The third-order valence-corrected chi connectivity index (χ3v) is 1.71. The van der Waals surface area contributed by atoms with Gasteiger partial charge in [0.2, 0.25) is 0 Å². The number of nitrogens with two attached hydrogens (primary N) is 1. The zero-order chi connectivity index (χ0) is 9.14. The fourth-order valence-corrected chi connectivity index (χ4v) is 0.991. The smallest absolute Gasteiger partial charge is 0.409 e. The molecule has 0 aliphatic carbocycles. The molecule has 1 aliphatic heterocycles. The second-order valence-electron chi connectivity index (χ2n) is 3.64. The van der Waals surface area contributed by atoms with Crippen molar-refractivity contribution in [2.45, 2.75) is 19.9 Å². The minimum absolute atomic E-state index is 0.150. The van der Waals surface area contributed by atoms with Gasteiger partial charge in [0.25, 0.3) is 0 Å². The lowest BCUT2D eigenvalue weighted by atomic mass is 10.1. The van der Waals surface area contributed by atoms with Gasteiger partial charge in [-0.25, -0.2) is 4.79 Å². The molecule has 1 saturated heterocycles. The molecule has 4 nitrogen and oxygen atoms in total. The Balaban J connectivity index is 2.13. The van der Waals surface area contributed by atoms with E-state index in [1.165, 1.54) is 0 Å². The Hall–Kier alpha value is -0.770. The van der Waals surface area contributed by atoms with Gasteiger partial charge in [-0.2, -0.15) is 0 Å². The lowest BCUT2D eigenvalue weighted by Gasteiger charge is -2.35. The van der Waals surface area contributed by atoms with Gasteiger partial charge < -0.3 is 15.4 Å². The van der Waals surface area contributed by atoms with Crippen LogP contribution in [0.25, 0.3) is 0 Å². The number of carbonyl (C=O) groups excluding carboxylic acids is 1. The van der Waals surface area contributed by atoms with Crippen molar-refractivity contribution in [3.8, 4) is 0 Å². The zero-order valence-corrected chi connectivity index (χ0v) is 7.62. The minimum atomic E-state index is -0.231. The van der Waals surface area contributed by atoms with Gasteiger partial charge >= 0.3 is 6.09 Å². The van der Waals surface area contributed by atoms with Crippen LogP contribution >= 0.6 is 0 Å². The Kier molecular flexibility index (Phi) is 2.92. The molecule has 0 bridgehead atoms. The third kappa shape index (κ3) is 2.37. The summed E-state index contributed by atoms with van der Waals surface area (Å²) in [6.07, 6.45) is -0.231. The van der Waals surface area contributed by atoms with E-state index in [-0.39, 0.29) is 12.1 Å². The van der Waals surface area contributed by atoms with E-state index in [1.54, 1.807) is 4.90 Å². The van der Waals surface area contributed by atoms with Gasteiger partial charge in [0.15, 0.2) is 0 Å². The average molecular weight is 172 g/mol. The van der Waals surface area contributed by atoms with Crippen molar-refractivity contribution in [1.29, 1.82) is 0 Å². The van der Waals surface area contributed by atoms with Crippen LogP contribution in [0.4, 0.5) is 4.79 Å². The first-order valence-electron chi connectivity index (χ1n) is 4.27. The van der Waals surface area contributed by atoms with E-state index >= 15 is 0 Å². The Labute approximate surface area is 72.7 Å². The van der Waals surface area contributed by atoms with Crippen LogP contribution in [0.1, 0.15) is 13.8 Å². The topological polar surface area (TPSA) is 55.6 Å². The van der Waals surface area contributed by atoms with Crippen molar-refractivity contribution < 1.29 is 9.53 Å². The summed E-state index contributed by atoms with van der Waals surface area (Å²) in [6, 6.07) is 0.150. The highest BCUT2D eigenvalue weighted by Gasteiger charge is 2.28. The number of hydrogen-bond acceptors (Lipinski definition) is 3. The molecule has 1 fully saturated rings. The largest absolute Gasteiger partial charge is 0.449 e. The molecule has 0 spiro atoms. The summed E-state index contributed by atoms with van der Waals surface area (Å²) in [5.41, 5.74) is 5.51. The van der Waals surface area contributed by atoms with Gasteiger partial charge in [-0.05, 0) is 5.92 Å². The van der Waals surface area contributed by atoms with Crippen LogP contribution in [0.3, 0.4) is 0 Å². The van der Waals surface area contributed by atoms with E-state index in [1.807, 2.05) is 13.8 Å². The molecule has 1 heterocycles. The fourth-order valence-electron chi connectivity index (χ4n) is 0.991. The minimum Gasteiger partial charge on any atom is -0.449 e. The molecular formula is C8H16N2O2. The molecule has 0 atom stereocenters. The molecule has 1 aliphatic rings. The Morgan fingerprint density at radius 3 is 2.67 bits per heavy atom. The molecule has 1 rings (SSSR count). The molecule has 70 valence electrons. The highest BCUT2D eigenvalue weighted by Crippen LogP contribution is 2.07. The van der Waals surface area contributed by atoms with E-state index < -0.39 is 0 Å². The summed E-state index contributed by atoms with van der Waals surface area (Å²) in [5.74, 6) is 0.392. The first kappa shape index (κ1) is 9.32. The average Bonchev–Trinajstić information content (AvgIpc) is 1.94. The monoisotopic (exact) mass is 172 g/mol. The normalized spacial score (nSPS) is 17.8. The van der Waals surface area contributed by atoms with E-state index in [0.29, 0.717) is 25.6 Å². The first-order valence-corrected chi connectivity index (χ1v) is 4.27. The molecule has 0 aromatic rings. The van der Waals surface area contributed by atoms with Gasteiger partial charge in [-0.1, -0.05) is 13.8 Å². The maximum atomic E-state index is 11.1. The van der Waals surface area contributed by atoms with Gasteiger partial charge in [0.1, 0.15) is 0 Å². The third-order valence-electron chi connectivity index (χ3n) is 1.71. The molecule has 0 saturated carbocycles. The summed E-state index contributed by atoms with van der Waals surface area (Å²) in [5, 5.41) is 0. The van der Waals surface area contributed by atoms with E-state index in [2.05, 4.69) is 0 Å². The summed E-state index contributed by atoms with van der Waals surface area (Å²) >= 11 is 0. The molecule has 2 N–H and O–H groups in total. The fraction of sp³-hybridized carbons (Fsp3) is 0.875. The number of likely N-dealkylation sites (tertiary alicyclic amines) is 1. The van der Waals surface area contributed by atoms with Crippen molar-refractivity contribution >= 4 is 6.09 Å². The quantitative estimate of drug-likeness (QED) is 0.656. The molecule has 0 unspecified atom stereocenters. The molecule has 4 heteroatoms. The van der Waals surface area contributed by atoms with E-state index in [0.717, 1.165) is 0 Å². The number of hydrogen-bond donors (Lipinski definition) is 1. The molecule has 0 radical (unpaired) electrons. The van der Waals surface area contributed by atoms with Crippen LogP contribution in [0.15, 0.2) is 0 Å². The maximum Gasteiger partial charge on any atom is 0.409 e. The van der Waals surface area contributed by atoms with Gasteiger partial charge in [0.05, 0.1) is 6.61 Å². The predicted molar refractivity (Wildman–Crippen MR) is 45.7 cm³/mol. The van der Waals surface area contributed by atoms with Crippen LogP contribution in [-0.4, -0.2) is 36.7 Å². The summed E-state index contributed by atoms with van der Waals surface area (Å²) in [4.78, 5) is 12.7. The maximum absolute atomic E-state index is 11.1.